The van der Waals surface area contributed by atoms with Crippen molar-refractivity contribution in [1.82, 2.24) is 9.88 Å². The van der Waals surface area contributed by atoms with E-state index in [0.717, 1.165) is 11.3 Å². The number of nitrogens with zero attached hydrogens (tertiary/aromatic N) is 2. The first-order valence-electron chi connectivity index (χ1n) is 7.21. The van der Waals surface area contributed by atoms with Gasteiger partial charge >= 0.3 is 5.97 Å². The molecule has 0 aromatic carbocycles. The largest absolute Gasteiger partial charge is 0.477 e. The molecule has 3 rings (SSSR count). The number of nitrogens with two attached hydrogens (primary N) is 1. The van der Waals surface area contributed by atoms with Gasteiger partial charge in [-0.2, -0.15) is 0 Å². The lowest BCUT2D eigenvalue weighted by molar-refractivity contribution is -0.153. The van der Waals surface area contributed by atoms with Gasteiger partial charge in [-0.05, 0) is 5.57 Å². The van der Waals surface area contributed by atoms with Crippen LogP contribution in [0, 0.1) is 11.3 Å². The Bertz CT molecular complexity index is 844. The number of hydrogen-bond donors (Lipinski definition) is 3. The number of aromatic nitrogens is 1. The van der Waals surface area contributed by atoms with E-state index in [0.29, 0.717) is 11.3 Å². The molecule has 1 fully saturated rings. The first-order chi connectivity index (χ1) is 11.8. The lowest BCUT2D eigenvalue weighted by atomic mass is 9.89. The molecule has 2 atom stereocenters. The lowest BCUT2D eigenvalue weighted by Gasteiger charge is -2.49. The topological polar surface area (TPSA) is 137 Å². The summed E-state index contributed by atoms with van der Waals surface area (Å²) in [6.45, 7) is 3.58. The molecule has 0 saturated carbocycles. The highest BCUT2D eigenvalue weighted by atomic mass is 32.2. The van der Waals surface area contributed by atoms with Gasteiger partial charge in [-0.25, -0.2) is 9.78 Å². The monoisotopic (exact) mass is 378 g/mol. The number of amides is 1. The van der Waals surface area contributed by atoms with Gasteiger partial charge in [0.1, 0.15) is 17.1 Å². The van der Waals surface area contributed by atoms with E-state index >= 15 is 0 Å². The molecule has 4 N–H and O–H groups in total. The molecule has 1 aromatic rings. The summed E-state index contributed by atoms with van der Waals surface area (Å²) < 4.78 is 0. The number of ketones is 1. The highest BCUT2D eigenvalue weighted by Crippen LogP contribution is 2.45. The standard InChI is InChI=1S/C15H14N4O4S2/c1-2-6-4-24-13-7(12(21)19(13)11(6)14(22)23)3-9(20)10(16)8-5-25-15(17)18-8/h2,5,7,13,16H,1,3-4H2,(H2,17,18)(H,22,23). The Morgan fingerprint density at radius 1 is 1.56 bits per heavy atom. The summed E-state index contributed by atoms with van der Waals surface area (Å²) in [5.74, 6) is -2.37. The van der Waals surface area contributed by atoms with Gasteiger partial charge in [-0.15, -0.1) is 23.1 Å². The van der Waals surface area contributed by atoms with Gasteiger partial charge in [0.05, 0.1) is 11.3 Å². The van der Waals surface area contributed by atoms with Crippen LogP contribution < -0.4 is 5.73 Å². The zero-order chi connectivity index (χ0) is 18.3. The second-order valence-electron chi connectivity index (χ2n) is 5.47. The Kier molecular flexibility index (Phi) is 4.48. The molecule has 2 aliphatic rings. The minimum Gasteiger partial charge on any atom is -0.477 e. The molecular weight excluding hydrogens is 364 g/mol. The minimum atomic E-state index is -1.19. The van der Waals surface area contributed by atoms with Crippen molar-refractivity contribution in [1.29, 1.82) is 5.41 Å². The van der Waals surface area contributed by atoms with Crippen LogP contribution in [0.5, 0.6) is 0 Å². The summed E-state index contributed by atoms with van der Waals surface area (Å²) in [6, 6.07) is 0. The Labute approximate surface area is 150 Å². The number of hydrogen-bond acceptors (Lipinski definition) is 8. The van der Waals surface area contributed by atoms with E-state index in [9.17, 15) is 19.5 Å². The van der Waals surface area contributed by atoms with Crippen LogP contribution in [-0.2, 0) is 14.4 Å². The van der Waals surface area contributed by atoms with E-state index in [1.807, 2.05) is 0 Å². The van der Waals surface area contributed by atoms with Crippen molar-refractivity contribution in [2.24, 2.45) is 5.92 Å². The maximum Gasteiger partial charge on any atom is 0.352 e. The van der Waals surface area contributed by atoms with Crippen molar-refractivity contribution in [3.8, 4) is 0 Å². The quantitative estimate of drug-likeness (QED) is 0.498. The third-order valence-corrected chi connectivity index (χ3v) is 6.05. The molecule has 3 heterocycles. The number of carbonyl (C=O) groups is 3. The average molecular weight is 378 g/mol. The normalized spacial score (nSPS) is 22.2. The van der Waals surface area contributed by atoms with Crippen molar-refractivity contribution < 1.29 is 19.5 Å². The van der Waals surface area contributed by atoms with Gasteiger partial charge in [0.15, 0.2) is 10.9 Å². The number of fused-ring (bicyclic) bond motifs is 1. The number of anilines is 1. The molecule has 130 valence electrons. The molecule has 2 unspecified atom stereocenters. The third-order valence-electron chi connectivity index (χ3n) is 4.02. The molecular formula is C15H14N4O4S2. The van der Waals surface area contributed by atoms with Crippen LogP contribution in [0.3, 0.4) is 0 Å². The highest BCUT2D eigenvalue weighted by molar-refractivity contribution is 8.00. The van der Waals surface area contributed by atoms with E-state index < -0.39 is 29.0 Å². The SMILES string of the molecule is C=CC1=C(C(=O)O)N2C(=O)C(CC(=O)C(=N)c3csc(N)n3)C2SC1. The molecule has 25 heavy (non-hydrogen) atoms. The maximum absolute atomic E-state index is 12.4. The highest BCUT2D eigenvalue weighted by Gasteiger charge is 2.53. The van der Waals surface area contributed by atoms with E-state index in [1.165, 1.54) is 28.1 Å². The van der Waals surface area contributed by atoms with Crippen LogP contribution in [0.1, 0.15) is 12.1 Å². The summed E-state index contributed by atoms with van der Waals surface area (Å²) >= 11 is 2.52. The summed E-state index contributed by atoms with van der Waals surface area (Å²) in [5.41, 5.74) is 5.81. The Hall–Kier alpha value is -2.46. The number of aliphatic carboxylic acids is 1. The van der Waals surface area contributed by atoms with Crippen molar-refractivity contribution in [2.75, 3.05) is 11.5 Å². The fourth-order valence-electron chi connectivity index (χ4n) is 2.78. The van der Waals surface area contributed by atoms with E-state index in [1.54, 1.807) is 0 Å². The lowest BCUT2D eigenvalue weighted by Crippen LogP contribution is -2.61. The molecule has 1 amide bonds. The van der Waals surface area contributed by atoms with Crippen LogP contribution in [-0.4, -0.2) is 49.5 Å². The van der Waals surface area contributed by atoms with Gasteiger partial charge < -0.3 is 10.8 Å². The first kappa shape index (κ1) is 17.4. The third kappa shape index (κ3) is 2.87. The summed E-state index contributed by atoms with van der Waals surface area (Å²) in [5, 5.41) is 18.6. The second-order valence-corrected chi connectivity index (χ2v) is 7.47. The number of β-lactam (4-membered cyclic amide) rings is 1. The van der Waals surface area contributed by atoms with Gasteiger partial charge in [0.25, 0.3) is 0 Å². The minimum absolute atomic E-state index is 0.0743. The van der Waals surface area contributed by atoms with E-state index in [-0.39, 0.29) is 28.7 Å². The van der Waals surface area contributed by atoms with Crippen LogP contribution in [0.2, 0.25) is 0 Å². The molecule has 2 aliphatic heterocycles. The number of Topliss-reactive ketones (excluding diaryl/α,β-unsaturated/α-hetero) is 1. The van der Waals surface area contributed by atoms with Gasteiger partial charge in [-0.1, -0.05) is 12.7 Å². The average Bonchev–Trinajstić information content (AvgIpc) is 3.03. The number of nitrogens with one attached hydrogen (secondary N) is 1. The molecule has 1 aromatic heterocycles. The summed E-state index contributed by atoms with van der Waals surface area (Å²) in [6.07, 6.45) is 1.28. The maximum atomic E-state index is 12.4. The number of thioether (sulfide) groups is 1. The van der Waals surface area contributed by atoms with Crippen LogP contribution in [0.15, 0.2) is 29.3 Å². The zero-order valence-electron chi connectivity index (χ0n) is 12.9. The number of allylic oxidation sites excluding steroid dienone is 1. The first-order valence-corrected chi connectivity index (χ1v) is 9.14. The molecule has 0 spiro atoms. The van der Waals surface area contributed by atoms with Crippen LogP contribution in [0.25, 0.3) is 0 Å². The predicted molar refractivity (Wildman–Crippen MR) is 94.4 cm³/mol. The number of carbonyl (C=O) groups excluding carboxylic acids is 2. The molecule has 0 radical (unpaired) electrons. The van der Waals surface area contributed by atoms with Crippen LogP contribution in [0.4, 0.5) is 5.13 Å². The number of carboxylic acid groups (broad SMARTS) is 1. The molecule has 8 nitrogen and oxygen atoms in total. The smallest absolute Gasteiger partial charge is 0.352 e. The number of nitrogen functional groups attached to an aromatic ring is 1. The van der Waals surface area contributed by atoms with Crippen molar-refractivity contribution >= 4 is 51.6 Å². The van der Waals surface area contributed by atoms with Crippen molar-refractivity contribution in [3.63, 3.8) is 0 Å². The number of carboxylic acids is 1. The summed E-state index contributed by atoms with van der Waals surface area (Å²) in [4.78, 5) is 41.2. The Morgan fingerprint density at radius 3 is 2.84 bits per heavy atom. The second kappa shape index (κ2) is 6.45. The van der Waals surface area contributed by atoms with E-state index in [2.05, 4.69) is 11.6 Å². The zero-order valence-corrected chi connectivity index (χ0v) is 14.5. The fraction of sp³-hybridized carbons (Fsp3) is 0.267. The van der Waals surface area contributed by atoms with Crippen molar-refractivity contribution in [2.45, 2.75) is 11.8 Å². The van der Waals surface area contributed by atoms with Gasteiger partial charge in [0, 0.05) is 17.6 Å². The van der Waals surface area contributed by atoms with Gasteiger partial charge in [-0.3, -0.25) is 19.9 Å². The Morgan fingerprint density at radius 2 is 2.28 bits per heavy atom. The Balaban J connectivity index is 1.75. The van der Waals surface area contributed by atoms with Crippen LogP contribution >= 0.6 is 23.1 Å². The molecule has 0 bridgehead atoms. The number of thiazole rings is 1. The molecule has 1 saturated heterocycles. The van der Waals surface area contributed by atoms with Gasteiger partial charge in [0.2, 0.25) is 5.91 Å². The molecule has 0 aliphatic carbocycles. The van der Waals surface area contributed by atoms with E-state index in [4.69, 9.17) is 11.1 Å². The fourth-order valence-corrected chi connectivity index (χ4v) is 4.74. The summed E-state index contributed by atoms with van der Waals surface area (Å²) in [7, 11) is 0. The number of rotatable bonds is 6. The predicted octanol–water partition coefficient (Wildman–Crippen LogP) is 1.11. The molecule has 10 heteroatoms. The van der Waals surface area contributed by atoms with Crippen molar-refractivity contribution in [3.05, 3.63) is 35.0 Å².